The molecule has 0 unspecified atom stereocenters. The number of benzene rings is 2. The molecule has 0 N–H and O–H groups in total. The van der Waals surface area contributed by atoms with Crippen molar-refractivity contribution in [1.82, 2.24) is 9.78 Å². The second-order valence-corrected chi connectivity index (χ2v) is 6.42. The third-order valence-electron chi connectivity index (χ3n) is 4.95. The van der Waals surface area contributed by atoms with Gasteiger partial charge in [0.25, 0.3) is 0 Å². The van der Waals surface area contributed by atoms with E-state index in [0.717, 1.165) is 40.4 Å². The number of fused-ring (bicyclic) bond motifs is 1. The van der Waals surface area contributed by atoms with Crippen LogP contribution in [0.3, 0.4) is 0 Å². The van der Waals surface area contributed by atoms with Gasteiger partial charge in [0.05, 0.1) is 37.4 Å². The SMILES string of the molecule is COc1ccc([C@H]2CC(=O)c3cnn(-c4ccc(OC)cc4)c3C2)cc1. The van der Waals surface area contributed by atoms with E-state index in [2.05, 4.69) is 5.10 Å². The van der Waals surface area contributed by atoms with Crippen LogP contribution in [-0.4, -0.2) is 29.8 Å². The molecule has 0 radical (unpaired) electrons. The predicted octanol–water partition coefficient (Wildman–Crippen LogP) is 3.80. The second kappa shape index (κ2) is 6.67. The van der Waals surface area contributed by atoms with Gasteiger partial charge in [-0.15, -0.1) is 0 Å². The van der Waals surface area contributed by atoms with E-state index in [1.165, 1.54) is 0 Å². The highest BCUT2D eigenvalue weighted by Crippen LogP contribution is 2.34. The lowest BCUT2D eigenvalue weighted by Gasteiger charge is -2.23. The molecule has 5 nitrogen and oxygen atoms in total. The van der Waals surface area contributed by atoms with Gasteiger partial charge in [0.15, 0.2) is 5.78 Å². The molecule has 0 saturated heterocycles. The van der Waals surface area contributed by atoms with Crippen LogP contribution >= 0.6 is 0 Å². The molecule has 132 valence electrons. The summed E-state index contributed by atoms with van der Waals surface area (Å²) in [6, 6.07) is 15.7. The van der Waals surface area contributed by atoms with Crippen molar-refractivity contribution in [2.45, 2.75) is 18.8 Å². The zero-order valence-electron chi connectivity index (χ0n) is 14.8. The van der Waals surface area contributed by atoms with Crippen LogP contribution in [0.5, 0.6) is 11.5 Å². The standard InChI is InChI=1S/C21H20N2O3/c1-25-17-7-3-14(4-8-17)15-11-20-19(21(24)12-15)13-22-23(20)16-5-9-18(26-2)10-6-16/h3-10,13,15H,11-12H2,1-2H3/t15-/m1/s1. The van der Waals surface area contributed by atoms with Crippen LogP contribution in [0.4, 0.5) is 0 Å². The number of carbonyl (C=O) groups excluding carboxylic acids is 1. The first kappa shape index (κ1) is 16.4. The van der Waals surface area contributed by atoms with Gasteiger partial charge in [-0.3, -0.25) is 4.79 Å². The van der Waals surface area contributed by atoms with Crippen LogP contribution in [-0.2, 0) is 6.42 Å². The molecule has 0 fully saturated rings. The highest BCUT2D eigenvalue weighted by atomic mass is 16.5. The van der Waals surface area contributed by atoms with E-state index in [-0.39, 0.29) is 11.7 Å². The van der Waals surface area contributed by atoms with E-state index in [1.54, 1.807) is 20.4 Å². The molecule has 0 bridgehead atoms. The average molecular weight is 348 g/mol. The first-order valence-corrected chi connectivity index (χ1v) is 8.58. The summed E-state index contributed by atoms with van der Waals surface area (Å²) in [6.45, 7) is 0. The van der Waals surface area contributed by atoms with Crippen molar-refractivity contribution in [2.24, 2.45) is 0 Å². The Morgan fingerprint density at radius 1 is 0.923 bits per heavy atom. The maximum absolute atomic E-state index is 12.6. The minimum absolute atomic E-state index is 0.145. The number of rotatable bonds is 4. The number of hydrogen-bond donors (Lipinski definition) is 0. The number of nitrogens with zero attached hydrogens (tertiary/aromatic N) is 2. The molecule has 0 amide bonds. The number of Topliss-reactive ketones (excluding diaryl/α,β-unsaturated/α-hetero) is 1. The molecule has 0 saturated carbocycles. The molecule has 2 aromatic carbocycles. The van der Waals surface area contributed by atoms with Crippen LogP contribution in [0.25, 0.3) is 5.69 Å². The number of hydrogen-bond acceptors (Lipinski definition) is 4. The summed E-state index contributed by atoms with van der Waals surface area (Å²) in [5.74, 6) is 1.91. The summed E-state index contributed by atoms with van der Waals surface area (Å²) in [5, 5.41) is 4.46. The van der Waals surface area contributed by atoms with Crippen molar-refractivity contribution < 1.29 is 14.3 Å². The Kier molecular flexibility index (Phi) is 4.21. The van der Waals surface area contributed by atoms with Crippen LogP contribution in [0.1, 0.15) is 34.0 Å². The van der Waals surface area contributed by atoms with Crippen molar-refractivity contribution in [3.8, 4) is 17.2 Å². The van der Waals surface area contributed by atoms with Gasteiger partial charge in [0.1, 0.15) is 11.5 Å². The summed E-state index contributed by atoms with van der Waals surface area (Å²) in [5.41, 5.74) is 3.76. The molecule has 1 heterocycles. The summed E-state index contributed by atoms with van der Waals surface area (Å²) >= 11 is 0. The van der Waals surface area contributed by atoms with E-state index in [0.29, 0.717) is 6.42 Å². The third-order valence-corrected chi connectivity index (χ3v) is 4.95. The van der Waals surface area contributed by atoms with Crippen molar-refractivity contribution in [3.63, 3.8) is 0 Å². The van der Waals surface area contributed by atoms with Gasteiger partial charge in [0, 0.05) is 6.42 Å². The minimum atomic E-state index is 0.145. The first-order chi connectivity index (χ1) is 12.7. The van der Waals surface area contributed by atoms with E-state index < -0.39 is 0 Å². The molecule has 0 spiro atoms. The van der Waals surface area contributed by atoms with Crippen LogP contribution in [0.2, 0.25) is 0 Å². The Balaban J connectivity index is 1.68. The summed E-state index contributed by atoms with van der Waals surface area (Å²) in [4.78, 5) is 12.6. The molecule has 0 aliphatic heterocycles. The Morgan fingerprint density at radius 2 is 1.54 bits per heavy atom. The van der Waals surface area contributed by atoms with Gasteiger partial charge < -0.3 is 9.47 Å². The number of aromatic nitrogens is 2. The lowest BCUT2D eigenvalue weighted by Crippen LogP contribution is -2.20. The molecular weight excluding hydrogens is 328 g/mol. The number of ether oxygens (including phenoxy) is 2. The van der Waals surface area contributed by atoms with Crippen molar-refractivity contribution in [1.29, 1.82) is 0 Å². The van der Waals surface area contributed by atoms with Gasteiger partial charge >= 0.3 is 0 Å². The first-order valence-electron chi connectivity index (χ1n) is 8.58. The molecule has 5 heteroatoms. The molecular formula is C21H20N2O3. The van der Waals surface area contributed by atoms with Crippen molar-refractivity contribution >= 4 is 5.78 Å². The lowest BCUT2D eigenvalue weighted by molar-refractivity contribution is 0.0963. The fraction of sp³-hybridized carbons (Fsp3) is 0.238. The zero-order valence-corrected chi connectivity index (χ0v) is 14.8. The molecule has 1 aliphatic carbocycles. The number of methoxy groups -OCH3 is 2. The van der Waals surface area contributed by atoms with Gasteiger partial charge in [-0.1, -0.05) is 12.1 Å². The summed E-state index contributed by atoms with van der Waals surface area (Å²) in [6.07, 6.45) is 2.97. The number of carbonyl (C=O) groups is 1. The molecule has 1 aromatic heterocycles. The molecule has 4 rings (SSSR count). The zero-order chi connectivity index (χ0) is 18.1. The quantitative estimate of drug-likeness (QED) is 0.720. The van der Waals surface area contributed by atoms with Crippen LogP contribution in [0.15, 0.2) is 54.7 Å². The fourth-order valence-electron chi connectivity index (χ4n) is 3.50. The maximum atomic E-state index is 12.6. The summed E-state index contributed by atoms with van der Waals surface area (Å²) in [7, 11) is 3.29. The molecule has 1 aliphatic rings. The second-order valence-electron chi connectivity index (χ2n) is 6.42. The Morgan fingerprint density at radius 3 is 2.15 bits per heavy atom. The van der Waals surface area contributed by atoms with E-state index in [1.807, 2.05) is 53.2 Å². The Hall–Kier alpha value is -3.08. The highest BCUT2D eigenvalue weighted by molar-refractivity contribution is 5.98. The lowest BCUT2D eigenvalue weighted by atomic mass is 9.82. The molecule has 3 aromatic rings. The summed E-state index contributed by atoms with van der Waals surface area (Å²) < 4.78 is 12.3. The third kappa shape index (κ3) is 2.86. The normalized spacial score (nSPS) is 16.2. The van der Waals surface area contributed by atoms with E-state index >= 15 is 0 Å². The van der Waals surface area contributed by atoms with Crippen molar-refractivity contribution in [2.75, 3.05) is 14.2 Å². The monoisotopic (exact) mass is 348 g/mol. The van der Waals surface area contributed by atoms with Crippen molar-refractivity contribution in [3.05, 3.63) is 71.5 Å². The van der Waals surface area contributed by atoms with Crippen LogP contribution < -0.4 is 9.47 Å². The van der Waals surface area contributed by atoms with Gasteiger partial charge in [-0.05, 0) is 54.3 Å². The van der Waals surface area contributed by atoms with E-state index in [4.69, 9.17) is 9.47 Å². The average Bonchev–Trinajstić information content (AvgIpc) is 3.13. The van der Waals surface area contributed by atoms with Gasteiger partial charge in [-0.2, -0.15) is 5.10 Å². The minimum Gasteiger partial charge on any atom is -0.497 e. The van der Waals surface area contributed by atoms with E-state index in [9.17, 15) is 4.79 Å². The van der Waals surface area contributed by atoms with Gasteiger partial charge in [0.2, 0.25) is 0 Å². The Bertz CT molecular complexity index is 927. The maximum Gasteiger partial charge on any atom is 0.166 e. The topological polar surface area (TPSA) is 53.3 Å². The van der Waals surface area contributed by atoms with Gasteiger partial charge in [-0.25, -0.2) is 4.68 Å². The van der Waals surface area contributed by atoms with Crippen LogP contribution in [0, 0.1) is 0 Å². The Labute approximate surface area is 152 Å². The molecule has 26 heavy (non-hydrogen) atoms. The number of ketones is 1. The predicted molar refractivity (Wildman–Crippen MR) is 98.5 cm³/mol. The fourth-order valence-corrected chi connectivity index (χ4v) is 3.50. The molecule has 1 atom stereocenters. The smallest absolute Gasteiger partial charge is 0.166 e. The highest BCUT2D eigenvalue weighted by Gasteiger charge is 2.30. The largest absolute Gasteiger partial charge is 0.497 e.